The first-order valence-corrected chi connectivity index (χ1v) is 9.44. The monoisotopic (exact) mass is 340 g/mol. The van der Waals surface area contributed by atoms with Gasteiger partial charge in [0.05, 0.1) is 16.7 Å². The van der Waals surface area contributed by atoms with E-state index in [0.29, 0.717) is 16.7 Å². The maximum atomic E-state index is 12.2. The molecule has 0 spiro atoms. The third-order valence-electron chi connectivity index (χ3n) is 3.08. The Labute approximate surface area is 131 Å². The highest BCUT2D eigenvalue weighted by Gasteiger charge is 2.06. The van der Waals surface area contributed by atoms with Crippen LogP contribution in [0.15, 0.2) is 44.7 Å². The van der Waals surface area contributed by atoms with Crippen molar-refractivity contribution in [2.45, 2.75) is 13.5 Å². The third-order valence-corrected chi connectivity index (χ3v) is 5.36. The Morgan fingerprint density at radius 2 is 2.00 bits per heavy atom. The second-order valence-corrected chi connectivity index (χ2v) is 7.72. The van der Waals surface area contributed by atoms with Crippen molar-refractivity contribution in [2.75, 3.05) is 11.5 Å². The second-order valence-electron chi connectivity index (χ2n) is 4.53. The zero-order valence-electron chi connectivity index (χ0n) is 12.0. The van der Waals surface area contributed by atoms with E-state index >= 15 is 0 Å². The van der Waals surface area contributed by atoms with Crippen molar-refractivity contribution in [3.8, 4) is 0 Å². The van der Waals surface area contributed by atoms with Gasteiger partial charge in [0, 0.05) is 17.7 Å². The van der Waals surface area contributed by atoms with Gasteiger partial charge in [-0.15, -0.1) is 11.8 Å². The summed E-state index contributed by atoms with van der Waals surface area (Å²) in [6.07, 6.45) is 0. The molecule has 118 valence electrons. The van der Waals surface area contributed by atoms with Crippen LogP contribution in [0.2, 0.25) is 0 Å². The molecule has 2 rings (SSSR count). The van der Waals surface area contributed by atoms with E-state index < -0.39 is 15.5 Å². The summed E-state index contributed by atoms with van der Waals surface area (Å²) in [6, 6.07) is 6.82. The number of benzene rings is 1. The molecule has 0 atom stereocenters. The molecule has 0 saturated heterocycles. The highest BCUT2D eigenvalue weighted by atomic mass is 32.2. The van der Waals surface area contributed by atoms with Crippen LogP contribution in [0.1, 0.15) is 6.92 Å². The number of sulfone groups is 1. The Morgan fingerprint density at radius 3 is 2.73 bits per heavy atom. The average Bonchev–Trinajstić information content (AvgIpc) is 2.50. The summed E-state index contributed by atoms with van der Waals surface area (Å²) in [5.41, 5.74) is -0.296. The molecule has 0 radical (unpaired) electrons. The molecule has 0 amide bonds. The Balaban J connectivity index is 2.13. The number of aromatic nitrogens is 2. The number of para-hydroxylation sites is 1. The molecule has 1 aromatic heterocycles. The molecule has 0 aliphatic carbocycles. The fourth-order valence-electron chi connectivity index (χ4n) is 1.83. The van der Waals surface area contributed by atoms with Crippen LogP contribution in [0.4, 0.5) is 0 Å². The van der Waals surface area contributed by atoms with Crippen molar-refractivity contribution in [1.82, 2.24) is 9.55 Å². The van der Waals surface area contributed by atoms with Crippen molar-refractivity contribution < 1.29 is 8.42 Å². The second kappa shape index (κ2) is 6.97. The summed E-state index contributed by atoms with van der Waals surface area (Å²) in [4.78, 5) is 26.8. The topological polar surface area (TPSA) is 89.0 Å². The smallest absolute Gasteiger partial charge is 0.307 e. The van der Waals surface area contributed by atoms with Crippen LogP contribution in [0.5, 0.6) is 0 Å². The Bertz CT molecular complexity index is 910. The maximum absolute atomic E-state index is 12.2. The molecule has 0 unspecified atom stereocenters. The lowest BCUT2D eigenvalue weighted by Crippen LogP contribution is -2.35. The Morgan fingerprint density at radius 1 is 1.27 bits per heavy atom. The lowest BCUT2D eigenvalue weighted by Gasteiger charge is -2.05. The fraction of sp³-hybridized carbons (Fsp3) is 0.286. The predicted octanol–water partition coefficient (Wildman–Crippen LogP) is 1.33. The summed E-state index contributed by atoms with van der Waals surface area (Å²) in [5, 5.41) is 3.07. The van der Waals surface area contributed by atoms with Crippen molar-refractivity contribution in [2.24, 2.45) is 0 Å². The first-order chi connectivity index (χ1) is 10.4. The molecule has 6 nitrogen and oxygen atoms in total. The van der Waals surface area contributed by atoms with Crippen LogP contribution in [0.3, 0.4) is 0 Å². The number of hydrogen-bond donors (Lipinski definition) is 1. The molecular formula is C14H16N2O4S2. The number of thioether (sulfide) groups is 1. The minimum absolute atomic E-state index is 0.0495. The number of fused-ring (bicyclic) bond motifs is 1. The zero-order valence-corrected chi connectivity index (χ0v) is 13.6. The number of nitrogens with zero attached hydrogens (tertiary/aromatic N) is 1. The molecule has 22 heavy (non-hydrogen) atoms. The quantitative estimate of drug-likeness (QED) is 0.801. The van der Waals surface area contributed by atoms with Crippen LogP contribution in [-0.2, 0) is 16.4 Å². The molecular weight excluding hydrogens is 324 g/mol. The Kier molecular flexibility index (Phi) is 5.25. The Hall–Kier alpha value is -1.80. The zero-order chi connectivity index (χ0) is 16.2. The van der Waals surface area contributed by atoms with Gasteiger partial charge in [-0.3, -0.25) is 9.36 Å². The fourth-order valence-corrected chi connectivity index (χ4v) is 3.44. The minimum atomic E-state index is -3.15. The molecule has 1 heterocycles. The van der Waals surface area contributed by atoms with Gasteiger partial charge in [0.15, 0.2) is 9.84 Å². The van der Waals surface area contributed by atoms with E-state index in [1.807, 2.05) is 0 Å². The van der Waals surface area contributed by atoms with E-state index in [4.69, 9.17) is 0 Å². The first kappa shape index (κ1) is 16.6. The number of H-pyrrole nitrogens is 1. The number of rotatable bonds is 6. The summed E-state index contributed by atoms with van der Waals surface area (Å²) in [7, 11) is -3.15. The summed E-state index contributed by atoms with van der Waals surface area (Å²) in [5.74, 6) is 0.477. The molecule has 0 saturated carbocycles. The van der Waals surface area contributed by atoms with E-state index in [9.17, 15) is 18.0 Å². The molecule has 1 N–H and O–H groups in total. The van der Waals surface area contributed by atoms with E-state index in [2.05, 4.69) is 4.98 Å². The van der Waals surface area contributed by atoms with Crippen molar-refractivity contribution in [3.05, 3.63) is 55.9 Å². The average molecular weight is 340 g/mol. The van der Waals surface area contributed by atoms with Crippen LogP contribution in [0, 0.1) is 0 Å². The lowest BCUT2D eigenvalue weighted by molar-refractivity contribution is 0.606. The predicted molar refractivity (Wildman–Crippen MR) is 89.9 cm³/mol. The highest BCUT2D eigenvalue weighted by Crippen LogP contribution is 2.06. The van der Waals surface area contributed by atoms with Gasteiger partial charge in [-0.1, -0.05) is 19.1 Å². The molecule has 2 aromatic rings. The van der Waals surface area contributed by atoms with Gasteiger partial charge < -0.3 is 4.98 Å². The number of hydrogen-bond acceptors (Lipinski definition) is 5. The molecule has 1 aromatic carbocycles. The highest BCUT2D eigenvalue weighted by molar-refractivity contribution is 8.03. The van der Waals surface area contributed by atoms with E-state index in [-0.39, 0.29) is 17.9 Å². The van der Waals surface area contributed by atoms with Crippen molar-refractivity contribution >= 4 is 32.5 Å². The van der Waals surface area contributed by atoms with Gasteiger partial charge in [0.25, 0.3) is 5.56 Å². The standard InChI is InChI=1S/C14H16N2O4S2/c1-2-22(19,20)10-9-21-8-7-16-13(17)11-5-3-4-6-12(11)15-14(16)18/h3-6,9-10H,2,7-8H2,1H3,(H,15,18). The maximum Gasteiger partial charge on any atom is 0.328 e. The van der Waals surface area contributed by atoms with Crippen LogP contribution >= 0.6 is 11.8 Å². The molecule has 0 fully saturated rings. The number of nitrogens with one attached hydrogen (secondary N) is 1. The molecule has 8 heteroatoms. The molecule has 0 aliphatic heterocycles. The lowest BCUT2D eigenvalue weighted by atomic mass is 10.2. The molecule has 0 aliphatic rings. The summed E-state index contributed by atoms with van der Waals surface area (Å²) < 4.78 is 23.7. The van der Waals surface area contributed by atoms with Crippen molar-refractivity contribution in [3.63, 3.8) is 0 Å². The SMILES string of the molecule is CCS(=O)(=O)C=CSCCn1c(=O)[nH]c2ccccc2c1=O. The van der Waals surface area contributed by atoms with E-state index in [1.165, 1.54) is 17.2 Å². The van der Waals surface area contributed by atoms with Crippen molar-refractivity contribution in [1.29, 1.82) is 0 Å². The van der Waals surface area contributed by atoms with Crippen LogP contribution < -0.4 is 11.2 Å². The van der Waals surface area contributed by atoms with Crippen LogP contribution in [0.25, 0.3) is 10.9 Å². The van der Waals surface area contributed by atoms with E-state index in [0.717, 1.165) is 9.98 Å². The summed E-state index contributed by atoms with van der Waals surface area (Å²) >= 11 is 1.24. The van der Waals surface area contributed by atoms with E-state index in [1.54, 1.807) is 31.2 Å². The van der Waals surface area contributed by atoms with Gasteiger partial charge in [-0.25, -0.2) is 13.2 Å². The third kappa shape index (κ3) is 3.89. The van der Waals surface area contributed by atoms with Crippen LogP contribution in [-0.4, -0.2) is 29.5 Å². The molecule has 0 bridgehead atoms. The normalized spacial score (nSPS) is 12.2. The van der Waals surface area contributed by atoms with Gasteiger partial charge >= 0.3 is 5.69 Å². The number of aromatic amines is 1. The largest absolute Gasteiger partial charge is 0.328 e. The van der Waals surface area contributed by atoms with Gasteiger partial charge in [-0.2, -0.15) is 0 Å². The van der Waals surface area contributed by atoms with Gasteiger partial charge in [-0.05, 0) is 17.5 Å². The first-order valence-electron chi connectivity index (χ1n) is 6.67. The van der Waals surface area contributed by atoms with Gasteiger partial charge in [0.2, 0.25) is 0 Å². The van der Waals surface area contributed by atoms with Gasteiger partial charge in [0.1, 0.15) is 0 Å². The summed E-state index contributed by atoms with van der Waals surface area (Å²) in [6.45, 7) is 1.78. The minimum Gasteiger partial charge on any atom is -0.307 e.